The van der Waals surface area contributed by atoms with E-state index in [0.717, 1.165) is 29.6 Å². The van der Waals surface area contributed by atoms with E-state index in [4.69, 9.17) is 0 Å². The highest BCUT2D eigenvalue weighted by Gasteiger charge is 2.44. The number of hydrogen-bond donors (Lipinski definition) is 0. The smallest absolute Gasteiger partial charge is 0.0172 e. The molecule has 2 fully saturated rings. The van der Waals surface area contributed by atoms with Gasteiger partial charge in [0.2, 0.25) is 0 Å². The van der Waals surface area contributed by atoms with Crippen LogP contribution in [0.3, 0.4) is 0 Å². The van der Waals surface area contributed by atoms with Crippen molar-refractivity contribution in [1.82, 2.24) is 0 Å². The number of fused-ring (bicyclic) bond motifs is 2. The summed E-state index contributed by atoms with van der Waals surface area (Å²) in [5.41, 5.74) is 1.86. The summed E-state index contributed by atoms with van der Waals surface area (Å²) >= 11 is 0. The molecule has 0 bridgehead atoms. The molecule has 0 radical (unpaired) electrons. The van der Waals surface area contributed by atoms with Crippen LogP contribution in [0.25, 0.3) is 0 Å². The maximum Gasteiger partial charge on any atom is -0.0172 e. The predicted molar refractivity (Wildman–Crippen MR) is 69.2 cm³/mol. The van der Waals surface area contributed by atoms with Crippen molar-refractivity contribution in [2.24, 2.45) is 29.6 Å². The third-order valence-electron chi connectivity index (χ3n) is 5.88. The van der Waals surface area contributed by atoms with Crippen molar-refractivity contribution in [2.75, 3.05) is 0 Å². The minimum absolute atomic E-state index is 0.909. The lowest BCUT2D eigenvalue weighted by molar-refractivity contribution is 0.0587. The van der Waals surface area contributed by atoms with Gasteiger partial charge >= 0.3 is 0 Å². The highest BCUT2D eigenvalue weighted by molar-refractivity contribution is 5.19. The number of allylic oxidation sites excluding steroid dienone is 2. The largest absolute Gasteiger partial charge is 0.0848 e. The first kappa shape index (κ1) is 10.9. The third kappa shape index (κ3) is 1.57. The molecule has 3 aliphatic carbocycles. The van der Waals surface area contributed by atoms with Gasteiger partial charge in [-0.05, 0) is 61.7 Å². The molecular weight excluding hydrogens is 192 g/mol. The average molecular weight is 218 g/mol. The second-order valence-electron chi connectivity index (χ2n) is 6.50. The summed E-state index contributed by atoms with van der Waals surface area (Å²) in [5, 5.41) is 0. The van der Waals surface area contributed by atoms with Crippen molar-refractivity contribution in [3.05, 3.63) is 11.6 Å². The van der Waals surface area contributed by atoms with Gasteiger partial charge in [0.1, 0.15) is 0 Å². The first-order chi connectivity index (χ1) is 7.79. The number of rotatable bonds is 0. The molecule has 0 aromatic heterocycles. The van der Waals surface area contributed by atoms with Crippen molar-refractivity contribution in [3.63, 3.8) is 0 Å². The zero-order chi connectivity index (χ0) is 11.1. The molecular formula is C16H26. The molecule has 3 rings (SSSR count). The lowest BCUT2D eigenvalue weighted by Gasteiger charge is -2.50. The van der Waals surface area contributed by atoms with E-state index < -0.39 is 0 Å². The van der Waals surface area contributed by atoms with Gasteiger partial charge in [0, 0.05) is 0 Å². The van der Waals surface area contributed by atoms with E-state index in [9.17, 15) is 0 Å². The Labute approximate surface area is 101 Å². The molecule has 90 valence electrons. The molecule has 0 nitrogen and oxygen atoms in total. The van der Waals surface area contributed by atoms with Crippen LogP contribution in [0, 0.1) is 29.6 Å². The van der Waals surface area contributed by atoms with Gasteiger partial charge in [0.15, 0.2) is 0 Å². The second-order valence-corrected chi connectivity index (χ2v) is 6.50. The normalized spacial score (nSPS) is 47.9. The van der Waals surface area contributed by atoms with Crippen molar-refractivity contribution < 1.29 is 0 Å². The van der Waals surface area contributed by atoms with Crippen LogP contribution >= 0.6 is 0 Å². The Bertz CT molecular complexity index is 288. The molecule has 0 saturated heterocycles. The topological polar surface area (TPSA) is 0 Å². The molecule has 0 aromatic rings. The molecule has 5 atom stereocenters. The van der Waals surface area contributed by atoms with Crippen molar-refractivity contribution in [1.29, 1.82) is 0 Å². The minimum Gasteiger partial charge on any atom is -0.0848 e. The van der Waals surface area contributed by atoms with E-state index in [1.807, 2.05) is 5.57 Å². The van der Waals surface area contributed by atoms with Gasteiger partial charge in [-0.15, -0.1) is 0 Å². The SMILES string of the molecule is CC1C2=CCCCC2C(C)C2CCCCC12. The first-order valence-corrected chi connectivity index (χ1v) is 7.49. The molecule has 5 unspecified atom stereocenters. The Balaban J connectivity index is 1.91. The predicted octanol–water partition coefficient (Wildman–Crippen LogP) is 4.81. The zero-order valence-corrected chi connectivity index (χ0v) is 10.9. The van der Waals surface area contributed by atoms with Crippen LogP contribution < -0.4 is 0 Å². The summed E-state index contributed by atoms with van der Waals surface area (Å²) in [7, 11) is 0. The van der Waals surface area contributed by atoms with E-state index in [2.05, 4.69) is 19.9 Å². The Morgan fingerprint density at radius 3 is 2.50 bits per heavy atom. The van der Waals surface area contributed by atoms with Crippen LogP contribution in [0.2, 0.25) is 0 Å². The first-order valence-electron chi connectivity index (χ1n) is 7.49. The lowest BCUT2D eigenvalue weighted by Crippen LogP contribution is -2.42. The van der Waals surface area contributed by atoms with E-state index in [0.29, 0.717) is 0 Å². The van der Waals surface area contributed by atoms with Gasteiger partial charge in [-0.1, -0.05) is 38.3 Å². The van der Waals surface area contributed by atoms with Gasteiger partial charge < -0.3 is 0 Å². The van der Waals surface area contributed by atoms with Gasteiger partial charge in [-0.3, -0.25) is 0 Å². The van der Waals surface area contributed by atoms with Crippen LogP contribution in [0.1, 0.15) is 58.8 Å². The highest BCUT2D eigenvalue weighted by atomic mass is 14.5. The van der Waals surface area contributed by atoms with Crippen LogP contribution in [0.4, 0.5) is 0 Å². The second kappa shape index (κ2) is 4.20. The Kier molecular flexibility index (Phi) is 2.85. The van der Waals surface area contributed by atoms with E-state index in [1.165, 1.54) is 44.9 Å². The van der Waals surface area contributed by atoms with E-state index >= 15 is 0 Å². The lowest BCUT2D eigenvalue weighted by atomic mass is 9.55. The average Bonchev–Trinajstić information content (AvgIpc) is 2.36. The van der Waals surface area contributed by atoms with Crippen LogP contribution in [0.5, 0.6) is 0 Å². The summed E-state index contributed by atoms with van der Waals surface area (Å²) in [6.07, 6.45) is 12.9. The van der Waals surface area contributed by atoms with Gasteiger partial charge in [0.05, 0.1) is 0 Å². The van der Waals surface area contributed by atoms with Crippen LogP contribution in [-0.4, -0.2) is 0 Å². The molecule has 3 aliphatic rings. The molecule has 0 N–H and O–H groups in total. The Morgan fingerprint density at radius 2 is 1.69 bits per heavy atom. The molecule has 2 saturated carbocycles. The third-order valence-corrected chi connectivity index (χ3v) is 5.88. The van der Waals surface area contributed by atoms with Gasteiger partial charge in [-0.2, -0.15) is 0 Å². The van der Waals surface area contributed by atoms with Gasteiger partial charge in [0.25, 0.3) is 0 Å². The number of hydrogen-bond acceptors (Lipinski definition) is 0. The summed E-state index contributed by atoms with van der Waals surface area (Å²) in [6, 6.07) is 0. The summed E-state index contributed by atoms with van der Waals surface area (Å²) < 4.78 is 0. The van der Waals surface area contributed by atoms with E-state index in [-0.39, 0.29) is 0 Å². The fraction of sp³-hybridized carbons (Fsp3) is 0.875. The fourth-order valence-corrected chi connectivity index (χ4v) is 5.02. The Hall–Kier alpha value is -0.260. The van der Waals surface area contributed by atoms with E-state index in [1.54, 1.807) is 0 Å². The summed E-state index contributed by atoms with van der Waals surface area (Å²) in [4.78, 5) is 0. The standard InChI is InChI=1S/C16H26/c1-11-13-7-3-5-9-15(13)12(2)16-10-6-4-8-14(11)16/h7,11-12,14-16H,3-6,8-10H2,1-2H3. The molecule has 0 amide bonds. The molecule has 0 heteroatoms. The summed E-state index contributed by atoms with van der Waals surface area (Å²) in [5.74, 6) is 4.94. The van der Waals surface area contributed by atoms with Gasteiger partial charge in [-0.25, -0.2) is 0 Å². The zero-order valence-electron chi connectivity index (χ0n) is 10.9. The molecule has 0 spiro atoms. The molecule has 0 aliphatic heterocycles. The molecule has 16 heavy (non-hydrogen) atoms. The fourth-order valence-electron chi connectivity index (χ4n) is 5.02. The Morgan fingerprint density at radius 1 is 0.938 bits per heavy atom. The van der Waals surface area contributed by atoms with Crippen molar-refractivity contribution >= 4 is 0 Å². The minimum atomic E-state index is 0.909. The summed E-state index contributed by atoms with van der Waals surface area (Å²) in [6.45, 7) is 5.08. The molecule has 0 aromatic carbocycles. The molecule has 0 heterocycles. The quantitative estimate of drug-likeness (QED) is 0.512. The van der Waals surface area contributed by atoms with Crippen molar-refractivity contribution in [3.8, 4) is 0 Å². The maximum atomic E-state index is 2.61. The van der Waals surface area contributed by atoms with Crippen LogP contribution in [0.15, 0.2) is 11.6 Å². The monoisotopic (exact) mass is 218 g/mol. The highest BCUT2D eigenvalue weighted by Crippen LogP contribution is 2.53. The van der Waals surface area contributed by atoms with Crippen LogP contribution in [-0.2, 0) is 0 Å². The maximum absolute atomic E-state index is 2.61. The van der Waals surface area contributed by atoms with Crippen molar-refractivity contribution in [2.45, 2.75) is 58.8 Å².